The first-order valence-electron chi connectivity index (χ1n) is 7.19. The van der Waals surface area contributed by atoms with E-state index in [-0.39, 0.29) is 24.6 Å². The maximum atomic E-state index is 13.4. The molecule has 2 aromatic carbocycles. The van der Waals surface area contributed by atoms with E-state index in [4.69, 9.17) is 4.74 Å². The number of rotatable bonds is 6. The fraction of sp³-hybridized carbons (Fsp3) is 0.176. The van der Waals surface area contributed by atoms with Crippen LogP contribution in [0.25, 0.3) is 0 Å². The summed E-state index contributed by atoms with van der Waals surface area (Å²) in [5.74, 6) is -1.89. The van der Waals surface area contributed by atoms with Crippen molar-refractivity contribution < 1.29 is 23.1 Å². The van der Waals surface area contributed by atoms with Crippen molar-refractivity contribution in [3.63, 3.8) is 0 Å². The van der Waals surface area contributed by atoms with Crippen molar-refractivity contribution in [1.29, 1.82) is 0 Å². The van der Waals surface area contributed by atoms with E-state index in [0.29, 0.717) is 11.4 Å². The molecule has 0 radical (unpaired) electrons. The van der Waals surface area contributed by atoms with Gasteiger partial charge in [-0.1, -0.05) is 6.07 Å². The largest absolute Gasteiger partial charge is 0.492 e. The van der Waals surface area contributed by atoms with Gasteiger partial charge in [-0.3, -0.25) is 9.59 Å². The van der Waals surface area contributed by atoms with Gasteiger partial charge in [0, 0.05) is 18.7 Å². The molecule has 0 aliphatic rings. The van der Waals surface area contributed by atoms with Crippen LogP contribution in [0, 0.1) is 11.6 Å². The third kappa shape index (κ3) is 5.05. The lowest BCUT2D eigenvalue weighted by molar-refractivity contribution is -0.114. The topological polar surface area (TPSA) is 67.4 Å². The maximum absolute atomic E-state index is 13.4. The molecule has 0 spiro atoms. The van der Waals surface area contributed by atoms with Crippen molar-refractivity contribution >= 4 is 17.5 Å². The van der Waals surface area contributed by atoms with Crippen LogP contribution in [-0.4, -0.2) is 25.0 Å². The van der Waals surface area contributed by atoms with Crippen LogP contribution in [0.15, 0.2) is 42.5 Å². The number of anilines is 1. The van der Waals surface area contributed by atoms with Crippen LogP contribution in [0.3, 0.4) is 0 Å². The van der Waals surface area contributed by atoms with Crippen LogP contribution in [-0.2, 0) is 4.79 Å². The Kier molecular flexibility index (Phi) is 5.83. The predicted molar refractivity (Wildman–Crippen MR) is 84.9 cm³/mol. The number of nitrogens with one attached hydrogen (secondary N) is 2. The van der Waals surface area contributed by atoms with Crippen molar-refractivity contribution in [3.05, 3.63) is 59.7 Å². The molecule has 0 saturated carbocycles. The van der Waals surface area contributed by atoms with Crippen LogP contribution in [0.5, 0.6) is 5.75 Å². The number of hydrogen-bond acceptors (Lipinski definition) is 3. The lowest BCUT2D eigenvalue weighted by Gasteiger charge is -2.10. The van der Waals surface area contributed by atoms with Crippen molar-refractivity contribution in [3.8, 4) is 5.75 Å². The highest BCUT2D eigenvalue weighted by Crippen LogP contribution is 2.17. The van der Waals surface area contributed by atoms with Crippen molar-refractivity contribution in [1.82, 2.24) is 5.32 Å². The molecule has 2 rings (SSSR count). The summed E-state index contributed by atoms with van der Waals surface area (Å²) in [6, 6.07) is 9.42. The molecule has 0 bridgehead atoms. The summed E-state index contributed by atoms with van der Waals surface area (Å²) in [5.41, 5.74) is 0.230. The number of hydrogen-bond donors (Lipinski definition) is 2. The highest BCUT2D eigenvalue weighted by Gasteiger charge is 2.12. The Morgan fingerprint density at radius 2 is 1.92 bits per heavy atom. The number of amides is 2. The predicted octanol–water partition coefficient (Wildman–Crippen LogP) is 2.73. The molecule has 0 unspecified atom stereocenters. The standard InChI is InChI=1S/C17H16F2N2O3/c1-11(22)21-13-3-2-4-14(10-13)24-8-7-20-17(23)15-9-12(18)5-6-16(15)19/h2-6,9-10H,7-8H2,1H3,(H,20,23)(H,21,22). The van der Waals surface area contributed by atoms with Gasteiger partial charge in [-0.15, -0.1) is 0 Å². The van der Waals surface area contributed by atoms with E-state index < -0.39 is 17.5 Å². The van der Waals surface area contributed by atoms with E-state index in [1.165, 1.54) is 6.92 Å². The summed E-state index contributed by atoms with van der Waals surface area (Å²) < 4.78 is 31.9. The highest BCUT2D eigenvalue weighted by molar-refractivity contribution is 5.94. The molecule has 2 aromatic rings. The molecule has 0 aliphatic carbocycles. The van der Waals surface area contributed by atoms with Gasteiger partial charge in [0.05, 0.1) is 12.1 Å². The van der Waals surface area contributed by atoms with Crippen LogP contribution in [0.1, 0.15) is 17.3 Å². The van der Waals surface area contributed by atoms with E-state index in [2.05, 4.69) is 10.6 Å². The fourth-order valence-corrected chi connectivity index (χ4v) is 1.97. The average Bonchev–Trinajstić information content (AvgIpc) is 2.53. The van der Waals surface area contributed by atoms with E-state index in [0.717, 1.165) is 18.2 Å². The molecule has 2 amide bonds. The molecule has 0 atom stereocenters. The van der Waals surface area contributed by atoms with Gasteiger partial charge in [0.15, 0.2) is 0 Å². The van der Waals surface area contributed by atoms with Gasteiger partial charge in [0.2, 0.25) is 5.91 Å². The SMILES string of the molecule is CC(=O)Nc1cccc(OCCNC(=O)c2cc(F)ccc2F)c1. The molecule has 0 aromatic heterocycles. The van der Waals surface area contributed by atoms with E-state index in [9.17, 15) is 18.4 Å². The van der Waals surface area contributed by atoms with Gasteiger partial charge >= 0.3 is 0 Å². The molecule has 126 valence electrons. The number of carbonyl (C=O) groups excluding carboxylic acids is 2. The Morgan fingerprint density at radius 1 is 1.12 bits per heavy atom. The van der Waals surface area contributed by atoms with Crippen LogP contribution >= 0.6 is 0 Å². The van der Waals surface area contributed by atoms with Gasteiger partial charge in [-0.2, -0.15) is 0 Å². The van der Waals surface area contributed by atoms with E-state index in [1.807, 2.05) is 0 Å². The second-order valence-electron chi connectivity index (χ2n) is 4.94. The minimum absolute atomic E-state index is 0.110. The fourth-order valence-electron chi connectivity index (χ4n) is 1.97. The molecule has 7 heteroatoms. The van der Waals surface area contributed by atoms with Gasteiger partial charge in [-0.05, 0) is 30.3 Å². The van der Waals surface area contributed by atoms with E-state index >= 15 is 0 Å². The second-order valence-corrected chi connectivity index (χ2v) is 4.94. The smallest absolute Gasteiger partial charge is 0.254 e. The Labute approximate surface area is 137 Å². The normalized spacial score (nSPS) is 10.1. The lowest BCUT2D eigenvalue weighted by atomic mass is 10.2. The summed E-state index contributed by atoms with van der Waals surface area (Å²) in [6.07, 6.45) is 0. The third-order valence-electron chi connectivity index (χ3n) is 2.98. The number of halogens is 2. The quantitative estimate of drug-likeness (QED) is 0.798. The average molecular weight is 334 g/mol. The molecule has 0 heterocycles. The Balaban J connectivity index is 1.83. The second kappa shape index (κ2) is 8.05. The third-order valence-corrected chi connectivity index (χ3v) is 2.98. The molecular weight excluding hydrogens is 318 g/mol. The van der Waals surface area contributed by atoms with Crippen LogP contribution in [0.4, 0.5) is 14.5 Å². The molecule has 5 nitrogen and oxygen atoms in total. The van der Waals surface area contributed by atoms with E-state index in [1.54, 1.807) is 24.3 Å². The zero-order valence-corrected chi connectivity index (χ0v) is 12.9. The maximum Gasteiger partial charge on any atom is 0.254 e. The minimum atomic E-state index is -0.794. The first-order chi connectivity index (χ1) is 11.5. The monoisotopic (exact) mass is 334 g/mol. The lowest BCUT2D eigenvalue weighted by Crippen LogP contribution is -2.28. The van der Waals surface area contributed by atoms with Crippen molar-refractivity contribution in [2.24, 2.45) is 0 Å². The van der Waals surface area contributed by atoms with Crippen LogP contribution < -0.4 is 15.4 Å². The van der Waals surface area contributed by atoms with Crippen molar-refractivity contribution in [2.75, 3.05) is 18.5 Å². The summed E-state index contributed by atoms with van der Waals surface area (Å²) in [5, 5.41) is 5.06. The molecule has 0 fully saturated rings. The summed E-state index contributed by atoms with van der Waals surface area (Å²) in [7, 11) is 0. The highest BCUT2D eigenvalue weighted by atomic mass is 19.1. The number of ether oxygens (including phenoxy) is 1. The molecule has 0 aliphatic heterocycles. The number of carbonyl (C=O) groups is 2. The van der Waals surface area contributed by atoms with Crippen molar-refractivity contribution in [2.45, 2.75) is 6.92 Å². The summed E-state index contributed by atoms with van der Waals surface area (Å²) in [6.45, 7) is 1.64. The molecule has 2 N–H and O–H groups in total. The first-order valence-corrected chi connectivity index (χ1v) is 7.19. The Hall–Kier alpha value is -2.96. The Morgan fingerprint density at radius 3 is 2.67 bits per heavy atom. The van der Waals surface area contributed by atoms with Gasteiger partial charge < -0.3 is 15.4 Å². The number of benzene rings is 2. The summed E-state index contributed by atoms with van der Waals surface area (Å²) in [4.78, 5) is 22.8. The molecular formula is C17H16F2N2O3. The Bertz CT molecular complexity index is 750. The minimum Gasteiger partial charge on any atom is -0.492 e. The van der Waals surface area contributed by atoms with Gasteiger partial charge in [0.25, 0.3) is 5.91 Å². The zero-order valence-electron chi connectivity index (χ0n) is 12.9. The van der Waals surface area contributed by atoms with Gasteiger partial charge in [-0.25, -0.2) is 8.78 Å². The summed E-state index contributed by atoms with van der Waals surface area (Å²) >= 11 is 0. The van der Waals surface area contributed by atoms with Crippen LogP contribution in [0.2, 0.25) is 0 Å². The van der Waals surface area contributed by atoms with Gasteiger partial charge in [0.1, 0.15) is 24.0 Å². The first kappa shape index (κ1) is 17.4. The molecule has 0 saturated heterocycles. The zero-order chi connectivity index (χ0) is 17.5. The molecule has 24 heavy (non-hydrogen) atoms.